The molecule has 0 bridgehead atoms. The second-order valence-corrected chi connectivity index (χ2v) is 14.3. The SMILES string of the molecule is C[C@]12C[C@H](O)[C@@]3(F)[C@@H](CCC4=CC(=O)C=C[C@@]43C)[C@@H]1C[C@@H](O)C2(O)C(=O)COC(=O)NC(COC(=O)c1ccc(CCCON(O)O)cc1)C(=O)O. The molecule has 2 unspecified atom stereocenters. The number of allylic oxidation sites excluding steroid dienone is 4. The number of hydrogen-bond donors (Lipinski definition) is 7. The molecule has 17 heteroatoms. The van der Waals surface area contributed by atoms with Crippen molar-refractivity contribution in [2.24, 2.45) is 22.7 Å². The van der Waals surface area contributed by atoms with E-state index in [0.717, 1.165) is 5.56 Å². The number of nitrogens with one attached hydrogen (secondary N) is 1. The predicted molar refractivity (Wildman–Crippen MR) is 172 cm³/mol. The number of esters is 1. The number of hydrogen-bond acceptors (Lipinski definition) is 14. The van der Waals surface area contributed by atoms with Crippen LogP contribution in [0.25, 0.3) is 0 Å². The lowest BCUT2D eigenvalue weighted by Gasteiger charge is -2.62. The highest BCUT2D eigenvalue weighted by atomic mass is 19.1. The quantitative estimate of drug-likeness (QED) is 0.0864. The van der Waals surface area contributed by atoms with E-state index in [4.69, 9.17) is 19.9 Å². The predicted octanol–water partition coefficient (Wildman–Crippen LogP) is 1.61. The van der Waals surface area contributed by atoms with Crippen molar-refractivity contribution in [1.82, 2.24) is 10.7 Å². The van der Waals surface area contributed by atoms with Gasteiger partial charge in [-0.25, -0.2) is 18.8 Å². The van der Waals surface area contributed by atoms with Crippen LogP contribution < -0.4 is 5.32 Å². The molecule has 9 atom stereocenters. The Morgan fingerprint density at radius 3 is 2.40 bits per heavy atom. The van der Waals surface area contributed by atoms with Crippen LogP contribution in [0.15, 0.2) is 48.1 Å². The molecule has 0 radical (unpaired) electrons. The van der Waals surface area contributed by atoms with Gasteiger partial charge in [-0.3, -0.25) is 24.8 Å². The topological polar surface area (TPSA) is 250 Å². The maximum atomic E-state index is 17.3. The number of alkyl halides is 1. The van der Waals surface area contributed by atoms with Gasteiger partial charge in [0.15, 0.2) is 29.7 Å². The minimum Gasteiger partial charge on any atom is -0.480 e. The average molecular weight is 735 g/mol. The van der Waals surface area contributed by atoms with Crippen molar-refractivity contribution >= 4 is 29.6 Å². The summed E-state index contributed by atoms with van der Waals surface area (Å²) in [5, 5.41) is 62.6. The Morgan fingerprint density at radius 1 is 1.06 bits per heavy atom. The first-order valence-electron chi connectivity index (χ1n) is 16.9. The van der Waals surface area contributed by atoms with E-state index >= 15 is 4.39 Å². The molecule has 0 heterocycles. The Labute approximate surface area is 297 Å². The van der Waals surface area contributed by atoms with Gasteiger partial charge in [-0.15, -0.1) is 0 Å². The number of aryl methyl sites for hydroxylation is 1. The van der Waals surface area contributed by atoms with E-state index in [0.29, 0.717) is 24.8 Å². The molecule has 4 aliphatic carbocycles. The first-order chi connectivity index (χ1) is 24.4. The number of carboxylic acid groups (broad SMARTS) is 1. The van der Waals surface area contributed by atoms with E-state index in [1.54, 1.807) is 19.1 Å². The monoisotopic (exact) mass is 734 g/mol. The molecule has 0 aliphatic heterocycles. The zero-order valence-electron chi connectivity index (χ0n) is 28.6. The smallest absolute Gasteiger partial charge is 0.408 e. The largest absolute Gasteiger partial charge is 0.480 e. The van der Waals surface area contributed by atoms with Gasteiger partial charge < -0.3 is 35.2 Å². The third kappa shape index (κ3) is 6.77. The second-order valence-electron chi connectivity index (χ2n) is 14.3. The van der Waals surface area contributed by atoms with Gasteiger partial charge in [0, 0.05) is 16.7 Å². The highest BCUT2D eigenvalue weighted by Gasteiger charge is 2.76. The van der Waals surface area contributed by atoms with E-state index in [2.05, 4.69) is 4.84 Å². The Hall–Kier alpha value is -4.10. The summed E-state index contributed by atoms with van der Waals surface area (Å²) in [5.74, 6) is -5.62. The molecule has 3 saturated carbocycles. The Balaban J connectivity index is 1.18. The fourth-order valence-electron chi connectivity index (χ4n) is 8.80. The summed E-state index contributed by atoms with van der Waals surface area (Å²) >= 11 is 0. The van der Waals surface area contributed by atoms with Crippen LogP contribution >= 0.6 is 0 Å². The number of aliphatic carboxylic acids is 1. The maximum Gasteiger partial charge on any atom is 0.408 e. The standard InChI is InChI=1S/C35H43FN2O14/c1-32-12-11-22(39)14-21(32)9-10-23-24-15-26(40)35(47,33(24,2)16-27(41)34(23,32)36)28(42)18-51-31(46)37-25(29(43)44)17-50-30(45)20-7-5-19(6-8-20)4-3-13-52-38(48)49/h5-8,11-12,14,23-27,40-41,47-49H,3-4,9-10,13,15-18H2,1-2H3,(H,37,46)(H,43,44)/t23-,24-,25?,26+,27-,32-,33-,34-,35?/m0/s1. The Bertz CT molecular complexity index is 1650. The molecular weight excluding hydrogens is 691 g/mol. The molecule has 1 amide bonds. The van der Waals surface area contributed by atoms with Crippen molar-refractivity contribution in [3.05, 3.63) is 59.2 Å². The fourth-order valence-corrected chi connectivity index (χ4v) is 8.80. The van der Waals surface area contributed by atoms with Gasteiger partial charge in [0.05, 0.1) is 29.8 Å². The summed E-state index contributed by atoms with van der Waals surface area (Å²) in [7, 11) is 0. The van der Waals surface area contributed by atoms with Crippen LogP contribution in [0.2, 0.25) is 0 Å². The number of aliphatic hydroxyl groups excluding tert-OH is 2. The third-order valence-electron chi connectivity index (χ3n) is 11.6. The van der Waals surface area contributed by atoms with Crippen LogP contribution in [-0.4, -0.2) is 115 Å². The molecule has 0 spiro atoms. The van der Waals surface area contributed by atoms with Gasteiger partial charge >= 0.3 is 18.0 Å². The third-order valence-corrected chi connectivity index (χ3v) is 11.6. The van der Waals surface area contributed by atoms with Gasteiger partial charge in [0.2, 0.25) is 5.78 Å². The van der Waals surface area contributed by atoms with E-state index in [9.17, 15) is 44.4 Å². The van der Waals surface area contributed by atoms with Crippen molar-refractivity contribution in [3.63, 3.8) is 0 Å². The summed E-state index contributed by atoms with van der Waals surface area (Å²) in [6.45, 7) is 1.17. The lowest BCUT2D eigenvalue weighted by Crippen LogP contribution is -2.69. The van der Waals surface area contributed by atoms with E-state index in [1.807, 2.05) is 5.32 Å². The summed E-state index contributed by atoms with van der Waals surface area (Å²) in [4.78, 5) is 67.0. The molecule has 3 fully saturated rings. The summed E-state index contributed by atoms with van der Waals surface area (Å²) in [6, 6.07) is 4.26. The number of rotatable bonds is 13. The minimum atomic E-state index is -2.57. The van der Waals surface area contributed by atoms with E-state index < -0.39 is 101 Å². The minimum absolute atomic E-state index is 0.0211. The number of aliphatic hydroxyl groups is 3. The molecule has 4 aliphatic rings. The molecular formula is C35H43FN2O14. The number of ether oxygens (including phenoxy) is 2. The maximum absolute atomic E-state index is 17.3. The number of alkyl carbamates (subject to hydrolysis) is 1. The summed E-state index contributed by atoms with van der Waals surface area (Å²) < 4.78 is 27.3. The molecule has 5 rings (SSSR count). The van der Waals surface area contributed by atoms with Gasteiger partial charge in [-0.05, 0) is 81.2 Å². The zero-order chi connectivity index (χ0) is 38.2. The summed E-state index contributed by atoms with van der Waals surface area (Å²) in [5.41, 5.74) is -6.33. The number of carbonyl (C=O) groups is 5. The molecule has 0 saturated heterocycles. The molecule has 1 aromatic carbocycles. The number of amides is 1. The summed E-state index contributed by atoms with van der Waals surface area (Å²) in [6.07, 6.45) is 0.0631. The number of carbonyl (C=O) groups excluding carboxylic acids is 4. The molecule has 52 heavy (non-hydrogen) atoms. The highest BCUT2D eigenvalue weighted by molar-refractivity contribution is 6.01. The molecule has 7 N–H and O–H groups in total. The van der Waals surface area contributed by atoms with Crippen molar-refractivity contribution < 1.29 is 73.5 Å². The number of halogens is 1. The first kappa shape index (κ1) is 39.1. The van der Waals surface area contributed by atoms with Crippen LogP contribution in [0.1, 0.15) is 61.9 Å². The number of Topliss-reactive ketones (excluding diaryl/α,β-unsaturated/α-hetero) is 1. The highest BCUT2D eigenvalue weighted by Crippen LogP contribution is 2.69. The first-order valence-corrected chi connectivity index (χ1v) is 16.9. The van der Waals surface area contributed by atoms with Gasteiger partial charge in [0.25, 0.3) is 0 Å². The molecule has 16 nitrogen and oxygen atoms in total. The van der Waals surface area contributed by atoms with Crippen LogP contribution in [-0.2, 0) is 35.1 Å². The Kier molecular flexibility index (Phi) is 11.1. The van der Waals surface area contributed by atoms with Crippen molar-refractivity contribution in [2.75, 3.05) is 19.8 Å². The van der Waals surface area contributed by atoms with Crippen molar-refractivity contribution in [3.8, 4) is 0 Å². The number of fused-ring (bicyclic) bond motifs is 5. The number of benzene rings is 1. The van der Waals surface area contributed by atoms with Crippen LogP contribution in [0.3, 0.4) is 0 Å². The zero-order valence-corrected chi connectivity index (χ0v) is 28.6. The normalized spacial score (nSPS) is 34.0. The van der Waals surface area contributed by atoms with E-state index in [1.165, 1.54) is 37.3 Å². The average Bonchev–Trinajstić information content (AvgIpc) is 3.29. The molecule has 0 aromatic heterocycles. The van der Waals surface area contributed by atoms with Gasteiger partial charge in [-0.1, -0.05) is 30.7 Å². The lowest BCUT2D eigenvalue weighted by atomic mass is 9.44. The Morgan fingerprint density at radius 2 is 1.75 bits per heavy atom. The van der Waals surface area contributed by atoms with Crippen LogP contribution in [0.4, 0.5) is 9.18 Å². The van der Waals surface area contributed by atoms with Gasteiger partial charge in [-0.2, -0.15) is 0 Å². The van der Waals surface area contributed by atoms with Crippen molar-refractivity contribution in [2.45, 2.75) is 81.9 Å². The van der Waals surface area contributed by atoms with Crippen LogP contribution in [0, 0.1) is 22.7 Å². The number of ketones is 2. The molecule has 1 aromatic rings. The fraction of sp³-hybridized carbons (Fsp3) is 0.571. The van der Waals surface area contributed by atoms with E-state index in [-0.39, 0.29) is 30.8 Å². The molecule has 284 valence electrons. The van der Waals surface area contributed by atoms with Crippen LogP contribution in [0.5, 0.6) is 0 Å². The second kappa shape index (κ2) is 14.7. The lowest BCUT2D eigenvalue weighted by molar-refractivity contribution is -0.492. The van der Waals surface area contributed by atoms with Crippen molar-refractivity contribution in [1.29, 1.82) is 0 Å². The number of carboxylic acids is 1. The van der Waals surface area contributed by atoms with Gasteiger partial charge in [0.1, 0.15) is 6.61 Å². The number of nitrogens with zero attached hydrogens (tertiary/aromatic N) is 1.